The maximum absolute atomic E-state index is 12.8. The number of aryl methyl sites for hydroxylation is 1. The lowest BCUT2D eigenvalue weighted by molar-refractivity contribution is 0.102. The van der Waals surface area contributed by atoms with E-state index in [1.165, 1.54) is 23.1 Å². The van der Waals surface area contributed by atoms with Gasteiger partial charge in [-0.3, -0.25) is 4.79 Å². The third-order valence-corrected chi connectivity index (χ3v) is 6.45. The number of carbonyl (C=O) groups is 1. The Morgan fingerprint density at radius 3 is 2.69 bits per heavy atom. The van der Waals surface area contributed by atoms with Gasteiger partial charge in [0.05, 0.1) is 11.1 Å². The molecule has 0 saturated heterocycles. The molecule has 130 valence electrons. The lowest BCUT2D eigenvalue weighted by Crippen LogP contribution is -2.13. The van der Waals surface area contributed by atoms with Gasteiger partial charge in [-0.25, -0.2) is 4.98 Å². The van der Waals surface area contributed by atoms with E-state index >= 15 is 0 Å². The number of halogens is 1. The molecule has 1 amide bonds. The van der Waals surface area contributed by atoms with E-state index in [4.69, 9.17) is 0 Å². The first-order valence-electron chi connectivity index (χ1n) is 7.69. The normalized spacial score (nSPS) is 10.4. The summed E-state index contributed by atoms with van der Waals surface area (Å²) in [5.41, 5.74) is 1.91. The third kappa shape index (κ3) is 3.98. The van der Waals surface area contributed by atoms with Crippen LogP contribution in [-0.2, 0) is 0 Å². The fourth-order valence-corrected chi connectivity index (χ4v) is 4.43. The van der Waals surface area contributed by atoms with Crippen molar-refractivity contribution >= 4 is 49.9 Å². The Kier molecular flexibility index (Phi) is 5.77. The molecule has 0 atom stereocenters. The zero-order chi connectivity index (χ0) is 18.7. The first-order valence-corrected chi connectivity index (χ1v) is 10.1. The number of amides is 1. The molecule has 0 aliphatic carbocycles. The molecule has 3 aromatic rings. The maximum atomic E-state index is 12.8. The Balaban J connectivity index is 1.88. The average Bonchev–Trinajstić information content (AvgIpc) is 2.90. The fourth-order valence-electron chi connectivity index (χ4n) is 2.28. The molecule has 0 aliphatic rings. The summed E-state index contributed by atoms with van der Waals surface area (Å²) in [4.78, 5) is 19.2. The number of carbonyl (C=O) groups excluding carboxylic acids is 1. The zero-order valence-corrected chi connectivity index (χ0v) is 17.3. The minimum Gasteiger partial charge on any atom is -0.312 e. The van der Waals surface area contributed by atoms with Crippen molar-refractivity contribution in [3.63, 3.8) is 0 Å². The van der Waals surface area contributed by atoms with Gasteiger partial charge in [0, 0.05) is 20.4 Å². The first kappa shape index (κ1) is 18.6. The number of benzene rings is 1. The molecule has 7 heteroatoms. The molecule has 0 spiro atoms. The van der Waals surface area contributed by atoms with E-state index in [2.05, 4.69) is 32.3 Å². The first-order chi connectivity index (χ1) is 12.5. The molecule has 0 unspecified atom stereocenters. The van der Waals surface area contributed by atoms with Gasteiger partial charge in [-0.05, 0) is 55.8 Å². The number of pyridine rings is 1. The number of nitrogens with one attached hydrogen (secondary N) is 1. The minimum absolute atomic E-state index is 0.268. The van der Waals surface area contributed by atoms with Crippen LogP contribution in [0.1, 0.15) is 26.4 Å². The highest BCUT2D eigenvalue weighted by Crippen LogP contribution is 2.33. The van der Waals surface area contributed by atoms with E-state index in [9.17, 15) is 10.1 Å². The molecule has 2 heterocycles. The van der Waals surface area contributed by atoms with Crippen LogP contribution in [0.15, 0.2) is 57.0 Å². The Hall–Kier alpha value is -2.14. The predicted octanol–water partition coefficient (Wildman–Crippen LogP) is 5.80. The van der Waals surface area contributed by atoms with E-state index in [-0.39, 0.29) is 5.91 Å². The summed E-state index contributed by atoms with van der Waals surface area (Å²) in [6, 6.07) is 13.5. The SMILES string of the molecule is Cc1sc(NC(=O)c2cccnc2Sc2ccc(Br)cc2)c(C#N)c1C. The Labute approximate surface area is 168 Å². The molecule has 0 aliphatic heterocycles. The smallest absolute Gasteiger partial charge is 0.259 e. The van der Waals surface area contributed by atoms with Gasteiger partial charge in [-0.1, -0.05) is 27.7 Å². The van der Waals surface area contributed by atoms with Gasteiger partial charge in [0.1, 0.15) is 16.1 Å². The van der Waals surface area contributed by atoms with Crippen molar-refractivity contribution in [3.8, 4) is 6.07 Å². The lowest BCUT2D eigenvalue weighted by Gasteiger charge is -2.08. The van der Waals surface area contributed by atoms with E-state index in [1.807, 2.05) is 38.1 Å². The number of hydrogen-bond acceptors (Lipinski definition) is 5. The van der Waals surface area contributed by atoms with E-state index < -0.39 is 0 Å². The van der Waals surface area contributed by atoms with E-state index in [0.717, 1.165) is 19.8 Å². The second kappa shape index (κ2) is 8.04. The molecule has 1 N–H and O–H groups in total. The van der Waals surface area contributed by atoms with Crippen LogP contribution >= 0.6 is 39.0 Å². The summed E-state index contributed by atoms with van der Waals surface area (Å²) in [5, 5.41) is 13.4. The van der Waals surface area contributed by atoms with Crippen LogP contribution in [0, 0.1) is 25.2 Å². The molecule has 0 radical (unpaired) electrons. The van der Waals surface area contributed by atoms with Crippen molar-refractivity contribution in [3.05, 3.63) is 68.6 Å². The Morgan fingerprint density at radius 2 is 2.00 bits per heavy atom. The molecule has 0 bridgehead atoms. The van der Waals surface area contributed by atoms with Gasteiger partial charge in [0.2, 0.25) is 0 Å². The van der Waals surface area contributed by atoms with Gasteiger partial charge in [-0.2, -0.15) is 5.26 Å². The summed E-state index contributed by atoms with van der Waals surface area (Å²) < 4.78 is 0.994. The topological polar surface area (TPSA) is 65.8 Å². The number of anilines is 1. The number of nitrogens with zero attached hydrogens (tertiary/aromatic N) is 2. The second-order valence-electron chi connectivity index (χ2n) is 5.47. The van der Waals surface area contributed by atoms with E-state index in [0.29, 0.717) is 21.2 Å². The quantitative estimate of drug-likeness (QED) is 0.553. The van der Waals surface area contributed by atoms with Crippen molar-refractivity contribution in [1.82, 2.24) is 4.98 Å². The molecule has 2 aromatic heterocycles. The van der Waals surface area contributed by atoms with Gasteiger partial charge in [0.15, 0.2) is 0 Å². The summed E-state index contributed by atoms with van der Waals surface area (Å²) in [6.45, 7) is 3.83. The van der Waals surface area contributed by atoms with Gasteiger partial charge in [-0.15, -0.1) is 11.3 Å². The highest BCUT2D eigenvalue weighted by Gasteiger charge is 2.18. The summed E-state index contributed by atoms with van der Waals surface area (Å²) in [5.74, 6) is -0.268. The predicted molar refractivity (Wildman–Crippen MR) is 109 cm³/mol. The number of nitriles is 1. The number of rotatable bonds is 4. The standard InChI is InChI=1S/C19H14BrN3OS2/c1-11-12(2)25-19(16(11)10-21)23-17(24)15-4-3-9-22-18(15)26-14-7-5-13(20)6-8-14/h3-9H,1-2H3,(H,23,24). The van der Waals surface area contributed by atoms with Crippen LogP contribution in [0.25, 0.3) is 0 Å². The minimum atomic E-state index is -0.268. The monoisotopic (exact) mass is 443 g/mol. The second-order valence-corrected chi connectivity index (χ2v) is 8.67. The highest BCUT2D eigenvalue weighted by molar-refractivity contribution is 9.10. The fraction of sp³-hybridized carbons (Fsp3) is 0.105. The van der Waals surface area contributed by atoms with Gasteiger partial charge < -0.3 is 5.32 Å². The van der Waals surface area contributed by atoms with Gasteiger partial charge in [0.25, 0.3) is 5.91 Å². The lowest BCUT2D eigenvalue weighted by atomic mass is 10.2. The highest BCUT2D eigenvalue weighted by atomic mass is 79.9. The van der Waals surface area contributed by atoms with E-state index in [1.54, 1.807) is 18.3 Å². The summed E-state index contributed by atoms with van der Waals surface area (Å²) in [7, 11) is 0. The summed E-state index contributed by atoms with van der Waals surface area (Å²) in [6.07, 6.45) is 1.66. The molecular formula is C19H14BrN3OS2. The molecule has 1 aromatic carbocycles. The largest absolute Gasteiger partial charge is 0.312 e. The Bertz CT molecular complexity index is 1010. The molecular weight excluding hydrogens is 430 g/mol. The van der Waals surface area contributed by atoms with Crippen molar-refractivity contribution in [2.45, 2.75) is 23.8 Å². The third-order valence-electron chi connectivity index (χ3n) is 3.77. The maximum Gasteiger partial charge on any atom is 0.259 e. The van der Waals surface area contributed by atoms with Crippen LogP contribution in [0.4, 0.5) is 5.00 Å². The van der Waals surface area contributed by atoms with Crippen LogP contribution in [0.3, 0.4) is 0 Å². The Morgan fingerprint density at radius 1 is 1.27 bits per heavy atom. The van der Waals surface area contributed by atoms with Crippen LogP contribution in [0.5, 0.6) is 0 Å². The average molecular weight is 444 g/mol. The number of aromatic nitrogens is 1. The molecule has 3 rings (SSSR count). The van der Waals surface area contributed by atoms with Crippen molar-refractivity contribution in [2.75, 3.05) is 5.32 Å². The van der Waals surface area contributed by atoms with Crippen LogP contribution < -0.4 is 5.32 Å². The van der Waals surface area contributed by atoms with Crippen molar-refractivity contribution in [1.29, 1.82) is 5.26 Å². The summed E-state index contributed by atoms with van der Waals surface area (Å²) >= 11 is 6.25. The van der Waals surface area contributed by atoms with Crippen LogP contribution in [0.2, 0.25) is 0 Å². The van der Waals surface area contributed by atoms with Gasteiger partial charge >= 0.3 is 0 Å². The van der Waals surface area contributed by atoms with Crippen molar-refractivity contribution < 1.29 is 4.79 Å². The van der Waals surface area contributed by atoms with Crippen molar-refractivity contribution in [2.24, 2.45) is 0 Å². The number of thiophene rings is 1. The molecule has 26 heavy (non-hydrogen) atoms. The zero-order valence-electron chi connectivity index (χ0n) is 14.0. The number of hydrogen-bond donors (Lipinski definition) is 1. The molecule has 0 fully saturated rings. The molecule has 0 saturated carbocycles. The van der Waals surface area contributed by atoms with Crippen LogP contribution in [-0.4, -0.2) is 10.9 Å². The molecule has 4 nitrogen and oxygen atoms in total.